The third kappa shape index (κ3) is 3.91. The standard InChI is InChI=1S/C23H30N4O/c1-3-23(24)16-21(23)17-4-8-19(9-5-17)25-22(28)18-6-10-20(11-7-18)27-14-12-26(2)13-15-27/h4-11,21H,3,12-16,24H2,1-2H3,(H,25,28). The first-order chi connectivity index (χ1) is 13.5. The molecule has 4 rings (SSSR count). The largest absolute Gasteiger partial charge is 0.369 e. The number of carbonyl (C=O) groups excluding carboxylic acids is 1. The minimum Gasteiger partial charge on any atom is -0.369 e. The van der Waals surface area contributed by atoms with Gasteiger partial charge < -0.3 is 20.9 Å². The van der Waals surface area contributed by atoms with Crippen LogP contribution in [0.5, 0.6) is 0 Å². The number of nitrogens with two attached hydrogens (primary N) is 1. The van der Waals surface area contributed by atoms with E-state index in [0.717, 1.165) is 44.7 Å². The van der Waals surface area contributed by atoms with Crippen LogP contribution in [0.15, 0.2) is 48.5 Å². The van der Waals surface area contributed by atoms with Crippen molar-refractivity contribution in [1.29, 1.82) is 0 Å². The Kier molecular flexibility index (Phi) is 5.13. The van der Waals surface area contributed by atoms with E-state index in [1.165, 1.54) is 11.3 Å². The van der Waals surface area contributed by atoms with E-state index in [9.17, 15) is 4.79 Å². The SMILES string of the molecule is CCC1(N)CC1c1ccc(NC(=O)c2ccc(N3CCN(C)CC3)cc2)cc1. The summed E-state index contributed by atoms with van der Waals surface area (Å²) in [7, 11) is 2.15. The van der Waals surface area contributed by atoms with Crippen molar-refractivity contribution in [2.24, 2.45) is 5.73 Å². The molecule has 2 aliphatic rings. The molecule has 2 atom stereocenters. The first kappa shape index (κ1) is 19.0. The van der Waals surface area contributed by atoms with E-state index in [-0.39, 0.29) is 11.4 Å². The van der Waals surface area contributed by atoms with Gasteiger partial charge in [0.05, 0.1) is 0 Å². The highest BCUT2D eigenvalue weighted by atomic mass is 16.1. The Labute approximate surface area is 167 Å². The number of carbonyl (C=O) groups is 1. The van der Waals surface area contributed by atoms with Crippen LogP contribution in [0.1, 0.15) is 41.6 Å². The summed E-state index contributed by atoms with van der Waals surface area (Å²) < 4.78 is 0. The Morgan fingerprint density at radius 1 is 1.07 bits per heavy atom. The minimum absolute atomic E-state index is 0.0315. The minimum atomic E-state index is -0.0779. The molecule has 148 valence electrons. The number of benzene rings is 2. The molecule has 3 N–H and O–H groups in total. The van der Waals surface area contributed by atoms with E-state index in [2.05, 4.69) is 41.2 Å². The number of hydrogen-bond donors (Lipinski definition) is 2. The molecular weight excluding hydrogens is 348 g/mol. The molecule has 2 unspecified atom stereocenters. The number of likely N-dealkylation sites (N-methyl/N-ethyl adjacent to an activating group) is 1. The van der Waals surface area contributed by atoms with E-state index < -0.39 is 0 Å². The van der Waals surface area contributed by atoms with E-state index in [1.807, 2.05) is 36.4 Å². The molecule has 0 spiro atoms. The van der Waals surface area contributed by atoms with E-state index in [0.29, 0.717) is 11.5 Å². The average Bonchev–Trinajstić information content (AvgIpc) is 3.41. The molecule has 2 aromatic rings. The monoisotopic (exact) mass is 378 g/mol. The molecule has 1 aliphatic carbocycles. The zero-order chi connectivity index (χ0) is 19.7. The zero-order valence-corrected chi connectivity index (χ0v) is 16.8. The summed E-state index contributed by atoms with van der Waals surface area (Å²) in [4.78, 5) is 17.3. The summed E-state index contributed by atoms with van der Waals surface area (Å²) in [6.45, 7) is 6.34. The molecule has 0 aromatic heterocycles. The second-order valence-corrected chi connectivity index (χ2v) is 8.26. The summed E-state index contributed by atoms with van der Waals surface area (Å²) in [6.07, 6.45) is 2.05. The van der Waals surface area contributed by atoms with Gasteiger partial charge in [0.15, 0.2) is 0 Å². The summed E-state index contributed by atoms with van der Waals surface area (Å²) in [5.41, 5.74) is 10.2. The van der Waals surface area contributed by atoms with Gasteiger partial charge >= 0.3 is 0 Å². The third-order valence-electron chi connectivity index (χ3n) is 6.35. The smallest absolute Gasteiger partial charge is 0.255 e. The van der Waals surface area contributed by atoms with Crippen LogP contribution >= 0.6 is 0 Å². The molecule has 28 heavy (non-hydrogen) atoms. The molecule has 2 aromatic carbocycles. The number of rotatable bonds is 5. The van der Waals surface area contributed by atoms with Crippen molar-refractivity contribution in [3.05, 3.63) is 59.7 Å². The lowest BCUT2D eigenvalue weighted by molar-refractivity contribution is 0.102. The van der Waals surface area contributed by atoms with Gasteiger partial charge in [0.1, 0.15) is 0 Å². The van der Waals surface area contributed by atoms with Gasteiger partial charge in [0.2, 0.25) is 0 Å². The Hall–Kier alpha value is -2.37. The third-order valence-corrected chi connectivity index (χ3v) is 6.35. The van der Waals surface area contributed by atoms with Crippen molar-refractivity contribution >= 4 is 17.3 Å². The van der Waals surface area contributed by atoms with Gasteiger partial charge in [-0.15, -0.1) is 0 Å². The Morgan fingerprint density at radius 2 is 1.71 bits per heavy atom. The van der Waals surface area contributed by atoms with Crippen LogP contribution in [-0.4, -0.2) is 49.6 Å². The quantitative estimate of drug-likeness (QED) is 0.838. The molecule has 1 amide bonds. The van der Waals surface area contributed by atoms with Crippen LogP contribution in [0, 0.1) is 0 Å². The molecule has 2 fully saturated rings. The molecule has 1 saturated carbocycles. The van der Waals surface area contributed by atoms with Gasteiger partial charge in [-0.3, -0.25) is 4.79 Å². The van der Waals surface area contributed by atoms with Gasteiger partial charge in [-0.1, -0.05) is 19.1 Å². The fourth-order valence-corrected chi connectivity index (χ4v) is 4.05. The van der Waals surface area contributed by atoms with Crippen LogP contribution in [0.4, 0.5) is 11.4 Å². The predicted octanol–water partition coefficient (Wildman–Crippen LogP) is 3.29. The summed E-state index contributed by atoms with van der Waals surface area (Å²) in [6, 6.07) is 16.0. The molecule has 0 radical (unpaired) electrons. The van der Waals surface area contributed by atoms with E-state index in [1.54, 1.807) is 0 Å². The number of anilines is 2. The van der Waals surface area contributed by atoms with Gasteiger partial charge in [-0.25, -0.2) is 0 Å². The lowest BCUT2D eigenvalue weighted by Crippen LogP contribution is -2.44. The van der Waals surface area contributed by atoms with Crippen LogP contribution in [0.2, 0.25) is 0 Å². The summed E-state index contributed by atoms with van der Waals surface area (Å²) >= 11 is 0. The Balaban J connectivity index is 1.36. The van der Waals surface area contributed by atoms with Crippen LogP contribution in [0.3, 0.4) is 0 Å². The number of amides is 1. The maximum atomic E-state index is 12.6. The maximum Gasteiger partial charge on any atom is 0.255 e. The Morgan fingerprint density at radius 3 is 2.29 bits per heavy atom. The van der Waals surface area contributed by atoms with Crippen molar-refractivity contribution in [2.75, 3.05) is 43.4 Å². The topological polar surface area (TPSA) is 61.6 Å². The maximum absolute atomic E-state index is 12.6. The number of nitrogens with one attached hydrogen (secondary N) is 1. The van der Waals surface area contributed by atoms with Crippen molar-refractivity contribution < 1.29 is 4.79 Å². The van der Waals surface area contributed by atoms with Gasteiger partial charge in [-0.2, -0.15) is 0 Å². The highest BCUT2D eigenvalue weighted by Crippen LogP contribution is 2.51. The van der Waals surface area contributed by atoms with Crippen molar-refractivity contribution in [1.82, 2.24) is 4.90 Å². The molecule has 5 nitrogen and oxygen atoms in total. The van der Waals surface area contributed by atoms with Crippen LogP contribution in [0.25, 0.3) is 0 Å². The molecule has 1 aliphatic heterocycles. The molecule has 5 heteroatoms. The molecule has 0 bridgehead atoms. The normalized spacial score (nSPS) is 24.8. The second kappa shape index (κ2) is 7.57. The van der Waals surface area contributed by atoms with Gasteiger partial charge in [0, 0.05) is 54.6 Å². The number of piperazine rings is 1. The summed E-state index contributed by atoms with van der Waals surface area (Å²) in [5.74, 6) is 0.371. The second-order valence-electron chi connectivity index (χ2n) is 8.26. The highest BCUT2D eigenvalue weighted by Gasteiger charge is 2.49. The fourth-order valence-electron chi connectivity index (χ4n) is 4.05. The van der Waals surface area contributed by atoms with E-state index in [4.69, 9.17) is 5.73 Å². The molecular formula is C23H30N4O. The van der Waals surface area contributed by atoms with E-state index >= 15 is 0 Å². The van der Waals surface area contributed by atoms with Crippen molar-refractivity contribution in [3.8, 4) is 0 Å². The average molecular weight is 379 g/mol. The lowest BCUT2D eigenvalue weighted by atomic mass is 10.0. The Bertz CT molecular complexity index is 825. The fraction of sp³-hybridized carbons (Fsp3) is 0.435. The van der Waals surface area contributed by atoms with Gasteiger partial charge in [0.25, 0.3) is 5.91 Å². The lowest BCUT2D eigenvalue weighted by Gasteiger charge is -2.34. The molecule has 1 saturated heterocycles. The number of hydrogen-bond acceptors (Lipinski definition) is 4. The van der Waals surface area contributed by atoms with Crippen molar-refractivity contribution in [3.63, 3.8) is 0 Å². The van der Waals surface area contributed by atoms with Crippen molar-refractivity contribution in [2.45, 2.75) is 31.2 Å². The first-order valence-electron chi connectivity index (χ1n) is 10.2. The van der Waals surface area contributed by atoms with Crippen LogP contribution in [-0.2, 0) is 0 Å². The number of nitrogens with zero attached hydrogens (tertiary/aromatic N) is 2. The highest BCUT2D eigenvalue weighted by molar-refractivity contribution is 6.04. The first-order valence-corrected chi connectivity index (χ1v) is 10.2. The summed E-state index contributed by atoms with van der Waals surface area (Å²) in [5, 5.41) is 2.99. The van der Waals surface area contributed by atoms with Crippen LogP contribution < -0.4 is 16.0 Å². The van der Waals surface area contributed by atoms with Gasteiger partial charge in [-0.05, 0) is 61.9 Å². The molecule has 1 heterocycles. The predicted molar refractivity (Wildman–Crippen MR) is 115 cm³/mol. The zero-order valence-electron chi connectivity index (χ0n) is 16.8.